The highest BCUT2D eigenvalue weighted by Gasteiger charge is 2.49. The Morgan fingerprint density at radius 1 is 1.13 bits per heavy atom. The number of hydrogen-bond acceptors (Lipinski definition) is 9. The Bertz CT molecular complexity index is 1920. The van der Waals surface area contributed by atoms with E-state index in [0.717, 1.165) is 19.4 Å². The highest BCUT2D eigenvalue weighted by atomic mass is 19.1. The summed E-state index contributed by atoms with van der Waals surface area (Å²) in [7, 11) is 0. The van der Waals surface area contributed by atoms with Crippen LogP contribution >= 0.6 is 0 Å². The van der Waals surface area contributed by atoms with Gasteiger partial charge in [-0.1, -0.05) is 12.0 Å². The lowest BCUT2D eigenvalue weighted by Crippen LogP contribution is -2.48. The van der Waals surface area contributed by atoms with Gasteiger partial charge in [-0.2, -0.15) is 9.97 Å². The van der Waals surface area contributed by atoms with E-state index in [9.17, 15) is 19.0 Å². The van der Waals surface area contributed by atoms with E-state index in [1.807, 2.05) is 4.90 Å². The molecule has 2 aromatic heterocycles. The number of pyridine rings is 1. The van der Waals surface area contributed by atoms with Gasteiger partial charge in [-0.25, -0.2) is 18.2 Å². The van der Waals surface area contributed by atoms with Crippen molar-refractivity contribution >= 4 is 27.5 Å². The number of aromatic hydroxyl groups is 1. The number of benzene rings is 2. The predicted molar refractivity (Wildman–Crippen MR) is 160 cm³/mol. The number of halogens is 3. The first-order chi connectivity index (χ1) is 21.7. The number of nitrogens with zero attached hydrogens (tertiary/aromatic N) is 5. The minimum atomic E-state index is -0.952. The Kier molecular flexibility index (Phi) is 6.48. The molecule has 45 heavy (non-hydrogen) atoms. The maximum absolute atomic E-state index is 16.9. The van der Waals surface area contributed by atoms with Crippen LogP contribution < -0.4 is 14.4 Å². The van der Waals surface area contributed by atoms with E-state index in [4.69, 9.17) is 20.9 Å². The molecule has 3 saturated heterocycles. The van der Waals surface area contributed by atoms with Gasteiger partial charge in [0, 0.05) is 30.5 Å². The number of hydrogen-bond donors (Lipinski definition) is 2. The molecule has 6 heterocycles. The monoisotopic (exact) mass is 617 g/mol. The molecule has 0 unspecified atom stereocenters. The minimum Gasteiger partial charge on any atom is -0.508 e. The third kappa shape index (κ3) is 4.43. The molecule has 12 heteroatoms. The first kappa shape index (κ1) is 28.2. The van der Waals surface area contributed by atoms with Crippen LogP contribution in [0.15, 0.2) is 24.3 Å². The van der Waals surface area contributed by atoms with Gasteiger partial charge >= 0.3 is 6.01 Å². The molecule has 2 N–H and O–H groups in total. The number of phenolic OH excluding ortho intramolecular Hbond substituents is 1. The zero-order valence-electron chi connectivity index (χ0n) is 24.3. The lowest BCUT2D eigenvalue weighted by atomic mass is 9.95. The third-order valence-electron chi connectivity index (χ3n) is 9.76. The summed E-state index contributed by atoms with van der Waals surface area (Å²) in [5, 5.41) is 22.0. The highest BCUT2D eigenvalue weighted by molar-refractivity contribution is 6.04. The molecule has 4 atom stereocenters. The lowest BCUT2D eigenvalue weighted by molar-refractivity contribution is 0.107. The molecule has 4 aromatic rings. The van der Waals surface area contributed by atoms with Crippen molar-refractivity contribution in [1.82, 2.24) is 19.9 Å². The van der Waals surface area contributed by atoms with Crippen LogP contribution in [0.2, 0.25) is 0 Å². The fourth-order valence-corrected chi connectivity index (χ4v) is 7.67. The number of fused-ring (bicyclic) bond motifs is 4. The smallest absolute Gasteiger partial charge is 0.319 e. The molecule has 3 fully saturated rings. The average Bonchev–Trinajstić information content (AvgIpc) is 3.50. The number of terminal acetylenes is 1. The summed E-state index contributed by atoms with van der Waals surface area (Å²) in [6, 6.07) is 5.05. The van der Waals surface area contributed by atoms with Gasteiger partial charge in [-0.05, 0) is 55.8 Å². The van der Waals surface area contributed by atoms with E-state index in [2.05, 4.69) is 20.8 Å². The van der Waals surface area contributed by atoms with Gasteiger partial charge in [0.25, 0.3) is 0 Å². The Morgan fingerprint density at radius 3 is 2.84 bits per heavy atom. The number of aliphatic hydroxyl groups excluding tert-OH is 1. The number of anilines is 1. The van der Waals surface area contributed by atoms with E-state index in [1.165, 1.54) is 24.3 Å². The fourth-order valence-electron chi connectivity index (χ4n) is 7.67. The second-order valence-corrected chi connectivity index (χ2v) is 12.5. The van der Waals surface area contributed by atoms with Crippen LogP contribution in [-0.4, -0.2) is 86.8 Å². The quantitative estimate of drug-likeness (QED) is 0.321. The molecule has 0 bridgehead atoms. The van der Waals surface area contributed by atoms with Gasteiger partial charge in [-0.15, -0.1) is 6.42 Å². The first-order valence-electron chi connectivity index (χ1n) is 15.2. The number of phenols is 1. The number of aromatic nitrogens is 3. The Labute approximate surface area is 256 Å². The number of aliphatic hydroxyl groups is 1. The van der Waals surface area contributed by atoms with Crippen molar-refractivity contribution in [2.45, 2.75) is 56.0 Å². The van der Waals surface area contributed by atoms with Crippen molar-refractivity contribution in [2.24, 2.45) is 0 Å². The van der Waals surface area contributed by atoms with Crippen LogP contribution in [0.4, 0.5) is 19.0 Å². The minimum absolute atomic E-state index is 0.0543. The SMILES string of the molecule is C#Cc1c(F)ccc2cc(O)cc(-c3nc4c5c(nc(OC[C@@]67CCCN6C[C@H](F)C7)nc5c3F)N3C[C@@H](O)CC[C@@H]3CO4)c12. The van der Waals surface area contributed by atoms with Crippen LogP contribution in [0.5, 0.6) is 17.6 Å². The molecule has 232 valence electrons. The van der Waals surface area contributed by atoms with Crippen molar-refractivity contribution in [3.63, 3.8) is 0 Å². The van der Waals surface area contributed by atoms with Gasteiger partial charge in [0.2, 0.25) is 5.88 Å². The number of piperidine rings is 1. The maximum Gasteiger partial charge on any atom is 0.319 e. The normalized spacial score (nSPS) is 25.9. The predicted octanol–water partition coefficient (Wildman–Crippen LogP) is 4.49. The molecule has 0 radical (unpaired) electrons. The van der Waals surface area contributed by atoms with Crippen LogP contribution in [-0.2, 0) is 0 Å². The van der Waals surface area contributed by atoms with Crippen molar-refractivity contribution in [3.8, 4) is 41.2 Å². The van der Waals surface area contributed by atoms with E-state index in [-0.39, 0.29) is 76.6 Å². The van der Waals surface area contributed by atoms with E-state index >= 15 is 4.39 Å². The molecular formula is C33H30F3N5O4. The van der Waals surface area contributed by atoms with E-state index in [0.29, 0.717) is 37.0 Å². The summed E-state index contributed by atoms with van der Waals surface area (Å²) in [6.45, 7) is 1.70. The first-order valence-corrected chi connectivity index (χ1v) is 15.2. The largest absolute Gasteiger partial charge is 0.508 e. The summed E-state index contributed by atoms with van der Waals surface area (Å²) < 4.78 is 58.6. The topological polar surface area (TPSA) is 104 Å². The molecular weight excluding hydrogens is 587 g/mol. The molecule has 0 spiro atoms. The summed E-state index contributed by atoms with van der Waals surface area (Å²) in [6.07, 6.45) is 7.30. The van der Waals surface area contributed by atoms with Crippen molar-refractivity contribution in [2.75, 3.05) is 37.7 Å². The molecule has 4 aliphatic rings. The average molecular weight is 618 g/mol. The summed E-state index contributed by atoms with van der Waals surface area (Å²) >= 11 is 0. The molecule has 0 aliphatic carbocycles. The van der Waals surface area contributed by atoms with Crippen molar-refractivity contribution in [3.05, 3.63) is 41.5 Å². The van der Waals surface area contributed by atoms with Gasteiger partial charge in [0.1, 0.15) is 53.4 Å². The van der Waals surface area contributed by atoms with Gasteiger partial charge < -0.3 is 24.6 Å². The molecule has 0 amide bonds. The highest BCUT2D eigenvalue weighted by Crippen LogP contribution is 2.45. The Balaban J connectivity index is 1.33. The fraction of sp³-hybridized carbons (Fsp3) is 0.424. The standard InChI is InChI=1S/C33H30F3N5O4/c1-2-22-24(35)7-4-17-10-21(43)11-23(25(17)22)28-27(36)29-26-30(41-14-20(42)6-5-19(41)15-44-31(26)37-28)39-32(38-29)45-16-33-8-3-9-40(33)13-18(34)12-33/h1,4,7,10-11,18-20,42-43H,3,5-6,8-9,12-16H2/t18-,19-,20+,33+/m1/s1. The van der Waals surface area contributed by atoms with Crippen LogP contribution in [0.25, 0.3) is 32.9 Å². The molecule has 2 aromatic carbocycles. The molecule has 4 aliphatic heterocycles. The van der Waals surface area contributed by atoms with Crippen LogP contribution in [0, 0.1) is 24.0 Å². The second-order valence-electron chi connectivity index (χ2n) is 12.5. The Hall–Kier alpha value is -4.34. The zero-order chi connectivity index (χ0) is 31.0. The van der Waals surface area contributed by atoms with Gasteiger partial charge in [0.15, 0.2) is 5.82 Å². The van der Waals surface area contributed by atoms with Crippen LogP contribution in [0.1, 0.15) is 37.7 Å². The number of rotatable bonds is 4. The lowest BCUT2D eigenvalue weighted by Gasteiger charge is -2.37. The number of alkyl halides is 1. The van der Waals surface area contributed by atoms with Gasteiger partial charge in [0.05, 0.1) is 23.2 Å². The zero-order valence-corrected chi connectivity index (χ0v) is 24.3. The van der Waals surface area contributed by atoms with Gasteiger partial charge in [-0.3, -0.25) is 4.90 Å². The molecule has 8 rings (SSSR count). The Morgan fingerprint density at radius 2 is 2.00 bits per heavy atom. The molecule has 9 nitrogen and oxygen atoms in total. The third-order valence-corrected chi connectivity index (χ3v) is 9.76. The van der Waals surface area contributed by atoms with Crippen molar-refractivity contribution in [1.29, 1.82) is 0 Å². The summed E-state index contributed by atoms with van der Waals surface area (Å²) in [5.41, 5.74) is -0.911. The van der Waals surface area contributed by atoms with Crippen LogP contribution in [0.3, 0.4) is 0 Å². The number of ether oxygens (including phenoxy) is 2. The second kappa shape index (κ2) is 10.4. The summed E-state index contributed by atoms with van der Waals surface area (Å²) in [5.74, 6) is 0.983. The summed E-state index contributed by atoms with van der Waals surface area (Å²) in [4.78, 5) is 17.8. The van der Waals surface area contributed by atoms with E-state index < -0.39 is 29.4 Å². The molecule has 0 saturated carbocycles. The van der Waals surface area contributed by atoms with Crippen molar-refractivity contribution < 1.29 is 32.9 Å². The maximum atomic E-state index is 16.9. The van der Waals surface area contributed by atoms with E-state index in [1.54, 1.807) is 0 Å².